The van der Waals surface area contributed by atoms with E-state index in [0.29, 0.717) is 36.6 Å². The molecule has 1 saturated heterocycles. The number of benzene rings is 1. The van der Waals surface area contributed by atoms with E-state index < -0.39 is 40.6 Å². The molecule has 1 aliphatic heterocycles. The Hall–Kier alpha value is -2.52. The van der Waals surface area contributed by atoms with E-state index in [1.165, 1.54) is 11.0 Å². The molecule has 4 nitrogen and oxygen atoms in total. The average molecular weight is 529 g/mol. The average Bonchev–Trinajstić information content (AvgIpc) is 3.19. The van der Waals surface area contributed by atoms with Crippen LogP contribution in [0.5, 0.6) is 0 Å². The number of halogens is 6. The topological polar surface area (TPSA) is 49.4 Å². The summed E-state index contributed by atoms with van der Waals surface area (Å²) in [7, 11) is 0. The van der Waals surface area contributed by atoms with Crippen molar-refractivity contribution in [1.82, 2.24) is 4.90 Å². The third-order valence-corrected chi connectivity index (χ3v) is 9.58. The van der Waals surface area contributed by atoms with Gasteiger partial charge in [-0.05, 0) is 73.5 Å². The minimum absolute atomic E-state index is 0.0313. The Morgan fingerprint density at radius 3 is 2.22 bits per heavy atom. The van der Waals surface area contributed by atoms with Crippen LogP contribution >= 0.6 is 0 Å². The number of rotatable bonds is 1. The van der Waals surface area contributed by atoms with Gasteiger partial charge in [-0.2, -0.15) is 26.3 Å². The Balaban J connectivity index is 1.51. The van der Waals surface area contributed by atoms with E-state index in [9.17, 15) is 35.9 Å². The molecule has 3 fully saturated rings. The minimum Gasteiger partial charge on any atom is -0.308 e. The molecule has 37 heavy (non-hydrogen) atoms. The molecule has 1 aromatic carbocycles. The van der Waals surface area contributed by atoms with Gasteiger partial charge in [-0.25, -0.2) is 4.79 Å². The largest absolute Gasteiger partial charge is 0.416 e. The van der Waals surface area contributed by atoms with Crippen LogP contribution in [0.4, 0.5) is 36.8 Å². The molecule has 10 heteroatoms. The number of allylic oxidation sites excluding steroid dienone is 2. The molecule has 2 amide bonds. The summed E-state index contributed by atoms with van der Waals surface area (Å²) in [4.78, 5) is 27.4. The molecular formula is C27H30F6N2O2. The van der Waals surface area contributed by atoms with E-state index in [0.717, 1.165) is 32.1 Å². The number of nitrogens with zero attached hydrogens (tertiary/aromatic N) is 1. The Kier molecular flexibility index (Phi) is 5.99. The normalized spacial score (nSPS) is 33.8. The number of amides is 2. The Morgan fingerprint density at radius 1 is 0.946 bits per heavy atom. The number of nitrogens with one attached hydrogen (secondary N) is 1. The molecule has 0 spiro atoms. The van der Waals surface area contributed by atoms with Gasteiger partial charge in [-0.1, -0.05) is 20.3 Å². The molecule has 2 saturated carbocycles. The van der Waals surface area contributed by atoms with Crippen molar-refractivity contribution < 1.29 is 35.9 Å². The first-order valence-corrected chi connectivity index (χ1v) is 12.7. The first-order valence-electron chi connectivity index (χ1n) is 12.7. The number of fused-ring (bicyclic) bond motifs is 5. The Morgan fingerprint density at radius 2 is 1.59 bits per heavy atom. The van der Waals surface area contributed by atoms with Crippen molar-refractivity contribution in [3.63, 3.8) is 0 Å². The van der Waals surface area contributed by atoms with Crippen molar-refractivity contribution >= 4 is 17.5 Å². The van der Waals surface area contributed by atoms with Gasteiger partial charge in [-0.3, -0.25) is 9.69 Å². The van der Waals surface area contributed by atoms with Crippen molar-refractivity contribution in [2.45, 2.75) is 71.1 Å². The van der Waals surface area contributed by atoms with Gasteiger partial charge in [0.1, 0.15) is 0 Å². The van der Waals surface area contributed by atoms with Crippen LogP contribution in [0.2, 0.25) is 0 Å². The number of carbonyl (C=O) groups excluding carboxylic acids is 2. The van der Waals surface area contributed by atoms with E-state index in [2.05, 4.69) is 12.2 Å². The van der Waals surface area contributed by atoms with Crippen LogP contribution in [0.3, 0.4) is 0 Å². The molecule has 4 aliphatic rings. The van der Waals surface area contributed by atoms with Crippen LogP contribution in [0.15, 0.2) is 30.0 Å². The summed E-state index contributed by atoms with van der Waals surface area (Å²) in [6.45, 7) is 4.62. The summed E-state index contributed by atoms with van der Waals surface area (Å²) in [5, 5.41) is 2.30. The highest BCUT2D eigenvalue weighted by atomic mass is 19.4. The molecule has 0 aromatic heterocycles. The third-order valence-electron chi connectivity index (χ3n) is 9.58. The van der Waals surface area contributed by atoms with Crippen LogP contribution in [0.25, 0.3) is 0 Å². The smallest absolute Gasteiger partial charge is 0.308 e. The monoisotopic (exact) mass is 528 g/mol. The second-order valence-electron chi connectivity index (χ2n) is 11.7. The van der Waals surface area contributed by atoms with Crippen LogP contribution in [-0.2, 0) is 17.1 Å². The van der Waals surface area contributed by atoms with Gasteiger partial charge in [0, 0.05) is 35.8 Å². The molecule has 0 radical (unpaired) electrons. The zero-order valence-corrected chi connectivity index (χ0v) is 20.7. The number of urea groups is 1. The lowest BCUT2D eigenvalue weighted by molar-refractivity contribution is -0.143. The second-order valence-corrected chi connectivity index (χ2v) is 11.7. The molecule has 5 atom stereocenters. The summed E-state index contributed by atoms with van der Waals surface area (Å²) in [6.07, 6.45) is -2.40. The third kappa shape index (κ3) is 4.44. The van der Waals surface area contributed by atoms with Gasteiger partial charge >= 0.3 is 18.4 Å². The van der Waals surface area contributed by atoms with Crippen LogP contribution < -0.4 is 5.32 Å². The van der Waals surface area contributed by atoms with Gasteiger partial charge in [0.25, 0.3) is 0 Å². The number of piperidine rings is 1. The second kappa shape index (κ2) is 8.50. The maximum Gasteiger partial charge on any atom is 0.416 e. The molecule has 5 rings (SSSR count). The number of anilines is 1. The van der Waals surface area contributed by atoms with Gasteiger partial charge in [-0.15, -0.1) is 0 Å². The van der Waals surface area contributed by atoms with Crippen molar-refractivity contribution in [1.29, 1.82) is 0 Å². The quantitative estimate of drug-likeness (QED) is 0.381. The lowest BCUT2D eigenvalue weighted by atomic mass is 9.50. The van der Waals surface area contributed by atoms with Gasteiger partial charge in [0.2, 0.25) is 0 Å². The van der Waals surface area contributed by atoms with Gasteiger partial charge in [0.15, 0.2) is 5.78 Å². The predicted octanol–water partition coefficient (Wildman–Crippen LogP) is 7.66. The molecule has 1 aromatic rings. The van der Waals surface area contributed by atoms with Crippen molar-refractivity contribution in [3.05, 3.63) is 41.1 Å². The first kappa shape index (κ1) is 26.1. The van der Waals surface area contributed by atoms with E-state index >= 15 is 0 Å². The molecule has 1 N–H and O–H groups in total. The fourth-order valence-corrected chi connectivity index (χ4v) is 7.71. The van der Waals surface area contributed by atoms with Crippen molar-refractivity contribution in [2.75, 3.05) is 11.9 Å². The molecule has 0 unspecified atom stereocenters. The fourth-order valence-electron chi connectivity index (χ4n) is 7.71. The van der Waals surface area contributed by atoms with Gasteiger partial charge < -0.3 is 5.32 Å². The minimum atomic E-state index is -5.02. The zero-order valence-electron chi connectivity index (χ0n) is 20.7. The molecule has 1 heterocycles. The standard InChI is InChI=1S/C27H30F6N2O2/c1-24-7-3-4-20(24)19-14-35(22-13-18(36)5-9-25(22,2)21(19)6-8-24)23(37)34-17-11-15(26(28,29)30)10-16(12-17)27(31,32)33/h10-13,19-21H,3-9,14H2,1-2H3,(H,34,37)/t19-,20-,21-,24-,25+/m0/s1. The van der Waals surface area contributed by atoms with Gasteiger partial charge in [0.05, 0.1) is 11.1 Å². The van der Waals surface area contributed by atoms with Crippen molar-refractivity contribution in [3.8, 4) is 0 Å². The number of carbonyl (C=O) groups is 2. The van der Waals surface area contributed by atoms with E-state index in [-0.39, 0.29) is 35.6 Å². The van der Waals surface area contributed by atoms with Crippen molar-refractivity contribution in [2.24, 2.45) is 28.6 Å². The lowest BCUT2D eigenvalue weighted by Gasteiger charge is -2.59. The summed E-state index contributed by atoms with van der Waals surface area (Å²) in [5.41, 5.74) is -3.37. The molecular weight excluding hydrogens is 498 g/mol. The number of hydrogen-bond acceptors (Lipinski definition) is 2. The first-order chi connectivity index (χ1) is 17.1. The molecule has 0 bridgehead atoms. The SMILES string of the molecule is C[C@@]12CCC[C@H]1[C@@H]1CN(C(=O)Nc3cc(C(F)(F)F)cc(C(F)(F)F)c3)C3=CC(=O)CC[C@]3(C)[C@H]1CC2. The summed E-state index contributed by atoms with van der Waals surface area (Å²) >= 11 is 0. The number of likely N-dealkylation sites (tertiary alicyclic amines) is 1. The van der Waals surface area contributed by atoms with Crippen LogP contribution in [0, 0.1) is 28.6 Å². The zero-order chi connectivity index (χ0) is 27.0. The van der Waals surface area contributed by atoms with E-state index in [1.54, 1.807) is 0 Å². The Bertz CT molecular complexity index is 1130. The predicted molar refractivity (Wildman–Crippen MR) is 124 cm³/mol. The number of hydrogen-bond donors (Lipinski definition) is 1. The maximum atomic E-state index is 13.5. The van der Waals surface area contributed by atoms with E-state index in [1.807, 2.05) is 6.92 Å². The number of alkyl halides is 6. The lowest BCUT2D eigenvalue weighted by Crippen LogP contribution is -2.59. The fraction of sp³-hybridized carbons (Fsp3) is 0.630. The highest BCUT2D eigenvalue weighted by Crippen LogP contribution is 2.64. The summed E-state index contributed by atoms with van der Waals surface area (Å²) in [5.74, 6) is 0.652. The number of ketones is 1. The van der Waals surface area contributed by atoms with Crippen LogP contribution in [0.1, 0.15) is 69.9 Å². The van der Waals surface area contributed by atoms with Crippen LogP contribution in [-0.4, -0.2) is 23.3 Å². The summed E-state index contributed by atoms with van der Waals surface area (Å²) in [6, 6.07) is 0.231. The molecule has 202 valence electrons. The molecule has 3 aliphatic carbocycles. The Labute approximate surface area is 211 Å². The maximum absolute atomic E-state index is 13.5. The summed E-state index contributed by atoms with van der Waals surface area (Å²) < 4.78 is 80.1. The highest BCUT2D eigenvalue weighted by molar-refractivity contribution is 5.95. The van der Waals surface area contributed by atoms with E-state index in [4.69, 9.17) is 0 Å². The highest BCUT2D eigenvalue weighted by Gasteiger charge is 2.58.